The zero-order chi connectivity index (χ0) is 17.2. The van der Waals surface area contributed by atoms with Gasteiger partial charge in [-0.2, -0.15) is 11.8 Å². The summed E-state index contributed by atoms with van der Waals surface area (Å²) in [5, 5.41) is 12.7. The van der Waals surface area contributed by atoms with Crippen molar-refractivity contribution in [1.29, 1.82) is 0 Å². The van der Waals surface area contributed by atoms with Crippen molar-refractivity contribution in [1.82, 2.24) is 0 Å². The molecular weight excluding hydrogens is 363 g/mol. The van der Waals surface area contributed by atoms with Gasteiger partial charge in [-0.15, -0.1) is 0 Å². The van der Waals surface area contributed by atoms with E-state index in [1.165, 1.54) is 0 Å². The fraction of sp³-hybridized carbons (Fsp3) is 0.368. The first-order valence-electron chi connectivity index (χ1n) is 8.01. The minimum absolute atomic E-state index is 0.0440. The first-order chi connectivity index (χ1) is 11.6. The van der Waals surface area contributed by atoms with Gasteiger partial charge in [-0.25, -0.2) is 0 Å². The summed E-state index contributed by atoms with van der Waals surface area (Å²) >= 11 is 14.6. The molecule has 2 aromatic rings. The van der Waals surface area contributed by atoms with Crippen LogP contribution in [0, 0.1) is 0 Å². The van der Waals surface area contributed by atoms with Crippen molar-refractivity contribution in [3.05, 3.63) is 69.7 Å². The van der Waals surface area contributed by atoms with Crippen LogP contribution in [-0.2, 0) is 10.3 Å². The molecule has 1 fully saturated rings. The number of benzene rings is 2. The second-order valence-electron chi connectivity index (χ2n) is 5.93. The lowest BCUT2D eigenvalue weighted by Crippen LogP contribution is -2.30. The van der Waals surface area contributed by atoms with Crippen LogP contribution in [0.5, 0.6) is 0 Å². The number of ether oxygens (including phenoxy) is 1. The van der Waals surface area contributed by atoms with Gasteiger partial charge in [-0.05, 0) is 17.9 Å². The minimum Gasteiger partial charge on any atom is -0.382 e. The van der Waals surface area contributed by atoms with Crippen LogP contribution in [0.3, 0.4) is 0 Å². The van der Waals surface area contributed by atoms with E-state index >= 15 is 0 Å². The standard InChI is InChI=1S/C19H20Cl2O2S/c1-2-24-12-13-11-19(22,15-8-4-6-10-17(15)21)18(23-13)14-7-3-5-9-16(14)20/h3-10,13,18,22H,2,11-12H2,1H3/t13-,18+,19-/m0/s1. The molecule has 128 valence electrons. The fourth-order valence-corrected chi connectivity index (χ4v) is 4.47. The zero-order valence-corrected chi connectivity index (χ0v) is 15.7. The van der Waals surface area contributed by atoms with Crippen molar-refractivity contribution in [3.8, 4) is 0 Å². The van der Waals surface area contributed by atoms with Gasteiger partial charge in [-0.3, -0.25) is 0 Å². The van der Waals surface area contributed by atoms with Crippen LogP contribution in [-0.4, -0.2) is 22.7 Å². The third kappa shape index (κ3) is 3.47. The number of halogens is 2. The molecule has 0 saturated carbocycles. The van der Waals surface area contributed by atoms with Crippen molar-refractivity contribution in [2.24, 2.45) is 0 Å². The van der Waals surface area contributed by atoms with Gasteiger partial charge in [0.15, 0.2) is 0 Å². The molecule has 0 aliphatic carbocycles. The summed E-state index contributed by atoms with van der Waals surface area (Å²) in [6, 6.07) is 14.9. The predicted molar refractivity (Wildman–Crippen MR) is 102 cm³/mol. The Balaban J connectivity index is 2.03. The van der Waals surface area contributed by atoms with Crippen LogP contribution < -0.4 is 0 Å². The first kappa shape index (κ1) is 18.1. The Morgan fingerprint density at radius 2 is 1.79 bits per heavy atom. The maximum absolute atomic E-state index is 11.6. The van der Waals surface area contributed by atoms with Gasteiger partial charge in [0, 0.05) is 33.3 Å². The Morgan fingerprint density at radius 3 is 2.46 bits per heavy atom. The lowest BCUT2D eigenvalue weighted by atomic mass is 9.83. The van der Waals surface area contributed by atoms with Crippen LogP contribution in [0.1, 0.15) is 30.6 Å². The molecular formula is C19H20Cl2O2S. The Kier molecular flexibility index (Phi) is 5.78. The van der Waals surface area contributed by atoms with Crippen molar-refractivity contribution in [3.63, 3.8) is 0 Å². The topological polar surface area (TPSA) is 29.5 Å². The number of rotatable bonds is 5. The molecule has 24 heavy (non-hydrogen) atoms. The van der Waals surface area contributed by atoms with Gasteiger partial charge in [0.2, 0.25) is 0 Å². The first-order valence-corrected chi connectivity index (χ1v) is 9.92. The van der Waals surface area contributed by atoms with Gasteiger partial charge in [0.25, 0.3) is 0 Å². The second-order valence-corrected chi connectivity index (χ2v) is 8.06. The number of hydrogen-bond acceptors (Lipinski definition) is 3. The van der Waals surface area contributed by atoms with E-state index < -0.39 is 11.7 Å². The molecule has 2 aromatic carbocycles. The number of hydrogen-bond donors (Lipinski definition) is 1. The summed E-state index contributed by atoms with van der Waals surface area (Å²) < 4.78 is 6.24. The quantitative estimate of drug-likeness (QED) is 0.743. The molecule has 0 bridgehead atoms. The van der Waals surface area contributed by atoms with E-state index in [1.54, 1.807) is 17.8 Å². The smallest absolute Gasteiger partial charge is 0.124 e. The van der Waals surface area contributed by atoms with Gasteiger partial charge >= 0.3 is 0 Å². The fourth-order valence-electron chi connectivity index (χ4n) is 3.24. The maximum atomic E-state index is 11.6. The van der Waals surface area contributed by atoms with E-state index in [4.69, 9.17) is 27.9 Å². The SMILES string of the molecule is CCSC[C@@H]1C[C@](O)(c2ccccc2Cl)[C@@H](c2ccccc2Cl)O1. The summed E-state index contributed by atoms with van der Waals surface area (Å²) in [4.78, 5) is 0. The van der Waals surface area contributed by atoms with E-state index in [9.17, 15) is 5.11 Å². The van der Waals surface area contributed by atoms with Crippen molar-refractivity contribution in [2.75, 3.05) is 11.5 Å². The summed E-state index contributed by atoms with van der Waals surface area (Å²) in [5.74, 6) is 1.85. The lowest BCUT2D eigenvalue weighted by Gasteiger charge is -2.30. The molecule has 1 aliphatic heterocycles. The highest BCUT2D eigenvalue weighted by atomic mass is 35.5. The Hall–Kier alpha value is -0.710. The van der Waals surface area contributed by atoms with E-state index in [2.05, 4.69) is 6.92 Å². The largest absolute Gasteiger partial charge is 0.382 e. The van der Waals surface area contributed by atoms with Crippen LogP contribution >= 0.6 is 35.0 Å². The monoisotopic (exact) mass is 382 g/mol. The summed E-state index contributed by atoms with van der Waals surface area (Å²) in [7, 11) is 0. The molecule has 1 N–H and O–H groups in total. The summed E-state index contributed by atoms with van der Waals surface area (Å²) in [5.41, 5.74) is 0.300. The Labute approximate surface area is 157 Å². The molecule has 3 rings (SSSR count). The molecule has 3 atom stereocenters. The average molecular weight is 383 g/mol. The summed E-state index contributed by atoms with van der Waals surface area (Å²) in [6.45, 7) is 2.12. The van der Waals surface area contributed by atoms with E-state index in [0.717, 1.165) is 17.1 Å². The van der Waals surface area contributed by atoms with Crippen LogP contribution in [0.4, 0.5) is 0 Å². The van der Waals surface area contributed by atoms with Gasteiger partial charge < -0.3 is 9.84 Å². The average Bonchev–Trinajstić information content (AvgIpc) is 2.91. The molecule has 1 saturated heterocycles. The molecule has 1 aliphatic rings. The van der Waals surface area contributed by atoms with Crippen LogP contribution in [0.2, 0.25) is 10.0 Å². The van der Waals surface area contributed by atoms with Gasteiger partial charge in [0.05, 0.1) is 6.10 Å². The molecule has 0 amide bonds. The van der Waals surface area contributed by atoms with Crippen molar-refractivity contribution in [2.45, 2.75) is 31.2 Å². The van der Waals surface area contributed by atoms with Crippen LogP contribution in [0.15, 0.2) is 48.5 Å². The molecule has 1 heterocycles. The molecule has 2 nitrogen and oxygen atoms in total. The van der Waals surface area contributed by atoms with Gasteiger partial charge in [-0.1, -0.05) is 66.5 Å². The molecule has 5 heteroatoms. The molecule has 0 aromatic heterocycles. The third-order valence-corrected chi connectivity index (χ3v) is 6.03. The van der Waals surface area contributed by atoms with E-state index in [-0.39, 0.29) is 6.10 Å². The molecule has 0 radical (unpaired) electrons. The predicted octanol–water partition coefficient (Wildman–Crippen LogP) is 5.46. The second kappa shape index (κ2) is 7.67. The maximum Gasteiger partial charge on any atom is 0.124 e. The van der Waals surface area contributed by atoms with Crippen molar-refractivity contribution >= 4 is 35.0 Å². The van der Waals surface area contributed by atoms with Gasteiger partial charge in [0.1, 0.15) is 11.7 Å². The van der Waals surface area contributed by atoms with Crippen LogP contribution in [0.25, 0.3) is 0 Å². The number of aliphatic hydroxyl groups is 1. The highest BCUT2D eigenvalue weighted by Gasteiger charge is 2.50. The zero-order valence-electron chi connectivity index (χ0n) is 13.4. The van der Waals surface area contributed by atoms with E-state index in [0.29, 0.717) is 22.0 Å². The number of thioether (sulfide) groups is 1. The van der Waals surface area contributed by atoms with E-state index in [1.807, 2.05) is 42.5 Å². The molecule has 0 unspecified atom stereocenters. The highest BCUT2D eigenvalue weighted by molar-refractivity contribution is 7.99. The lowest BCUT2D eigenvalue weighted by molar-refractivity contribution is -0.0513. The summed E-state index contributed by atoms with van der Waals surface area (Å²) in [6.07, 6.45) is -0.0781. The highest BCUT2D eigenvalue weighted by Crippen LogP contribution is 2.51. The molecule has 0 spiro atoms. The third-order valence-electron chi connectivity index (χ3n) is 4.34. The Morgan fingerprint density at radius 1 is 1.12 bits per heavy atom. The minimum atomic E-state index is -1.19. The van der Waals surface area contributed by atoms with Crippen molar-refractivity contribution < 1.29 is 9.84 Å². The normalized spacial score (nSPS) is 26.7. The Bertz CT molecular complexity index is 709.